The van der Waals surface area contributed by atoms with Crippen molar-refractivity contribution in [1.82, 2.24) is 26.2 Å². The predicted octanol–water partition coefficient (Wildman–Crippen LogP) is 8.49. The van der Waals surface area contributed by atoms with Gasteiger partial charge in [0, 0.05) is 132 Å². The van der Waals surface area contributed by atoms with Crippen LogP contribution in [0, 0.1) is 5.92 Å². The maximum Gasteiger partial charge on any atom is 0.267 e. The van der Waals surface area contributed by atoms with Gasteiger partial charge in [-0.2, -0.15) is 0 Å². The fraction of sp³-hybridized carbons (Fsp3) is 0.377. The number of thioether (sulfide) groups is 2. The van der Waals surface area contributed by atoms with E-state index in [9.17, 15) is 33.4 Å². The monoisotopic (exact) mass is 1310 g/mol. The van der Waals surface area contributed by atoms with Crippen molar-refractivity contribution in [3.05, 3.63) is 167 Å². The number of phosphoric acid groups is 1. The first-order valence-corrected chi connectivity index (χ1v) is 33.5. The highest BCUT2D eigenvalue weighted by molar-refractivity contribution is 8.04. The predicted molar refractivity (Wildman–Crippen MR) is 361 cm³/mol. The molecule has 5 amide bonds. The van der Waals surface area contributed by atoms with E-state index in [0.717, 1.165) is 76.6 Å². The molecule has 3 unspecified atom stereocenters. The van der Waals surface area contributed by atoms with Gasteiger partial charge in [-0.25, -0.2) is 9.13 Å². The summed E-state index contributed by atoms with van der Waals surface area (Å²) in [4.78, 5) is 87.0. The highest BCUT2D eigenvalue weighted by atomic mass is 32.2. The van der Waals surface area contributed by atoms with Crippen molar-refractivity contribution in [2.45, 2.75) is 87.9 Å². The zero-order chi connectivity index (χ0) is 63.2. The van der Waals surface area contributed by atoms with Gasteiger partial charge in [-0.1, -0.05) is 93.0 Å². The topological polar surface area (TPSA) is 228 Å². The molecule has 23 heteroatoms. The summed E-state index contributed by atoms with van der Waals surface area (Å²) in [5.74, 6) is -2.88. The van der Waals surface area contributed by atoms with E-state index in [-0.39, 0.29) is 45.2 Å². The molecule has 0 radical (unpaired) electrons. The molecule has 10 rings (SSSR count). The lowest BCUT2D eigenvalue weighted by molar-refractivity contribution is -0.645. The van der Waals surface area contributed by atoms with E-state index in [1.165, 1.54) is 45.9 Å². The Bertz CT molecular complexity index is 3630. The van der Waals surface area contributed by atoms with Gasteiger partial charge in [-0.15, -0.1) is 0 Å². The van der Waals surface area contributed by atoms with E-state index in [1.54, 1.807) is 23.5 Å². The molecule has 488 valence electrons. The molecule has 1 fully saturated rings. The van der Waals surface area contributed by atoms with Gasteiger partial charge in [-0.05, 0) is 91.4 Å². The Kier molecular flexibility index (Phi) is 25.5. The Morgan fingerprint density at radius 2 is 1.22 bits per heavy atom. The van der Waals surface area contributed by atoms with Gasteiger partial charge in [0.2, 0.25) is 34.7 Å². The molecule has 4 N–H and O–H groups in total. The number of imide groups is 1. The molecule has 0 bridgehead atoms. The van der Waals surface area contributed by atoms with E-state index < -0.39 is 56.4 Å². The summed E-state index contributed by atoms with van der Waals surface area (Å²) in [6.45, 7) is 3.27. The molecule has 4 aromatic carbocycles. The number of nitrogens with one attached hydrogen (secondary N) is 4. The normalized spacial score (nSPS) is 19.2. The minimum absolute atomic E-state index is 0. The van der Waals surface area contributed by atoms with E-state index in [1.807, 2.05) is 0 Å². The van der Waals surface area contributed by atoms with Crippen LogP contribution in [0.1, 0.15) is 70.9 Å². The van der Waals surface area contributed by atoms with E-state index in [0.29, 0.717) is 58.4 Å². The Hall–Kier alpha value is -7.50. The van der Waals surface area contributed by atoms with Crippen LogP contribution in [0.5, 0.6) is 0 Å². The van der Waals surface area contributed by atoms with Gasteiger partial charge in [-0.3, -0.25) is 38.8 Å². The summed E-state index contributed by atoms with van der Waals surface area (Å²) in [7, 11) is 1.95. The first-order chi connectivity index (χ1) is 43.6. The number of aryl methyl sites for hydroxylation is 2. The number of benzene rings is 4. The number of methoxy groups -OCH3 is 1. The van der Waals surface area contributed by atoms with Gasteiger partial charge >= 0.3 is 0 Å². The van der Waals surface area contributed by atoms with Gasteiger partial charge in [0.05, 0.1) is 56.9 Å². The smallest absolute Gasteiger partial charge is 0.267 e. The second-order valence-corrected chi connectivity index (χ2v) is 26.0. The number of hydrogen-bond acceptors (Lipinski definition) is 16. The number of amides is 5. The number of phosphoric ester groups is 1. The van der Waals surface area contributed by atoms with Crippen LogP contribution in [0.4, 0.5) is 11.4 Å². The summed E-state index contributed by atoms with van der Waals surface area (Å²) < 4.78 is 36.8. The van der Waals surface area contributed by atoms with Gasteiger partial charge < -0.3 is 49.2 Å². The first-order valence-electron chi connectivity index (χ1n) is 30.4. The number of carbonyl (C=O) groups is 5. The number of anilines is 2. The molecule has 20 nitrogen and oxygen atoms in total. The van der Waals surface area contributed by atoms with Crippen molar-refractivity contribution in [1.29, 1.82) is 0 Å². The van der Waals surface area contributed by atoms with Crippen LogP contribution in [0.15, 0.2) is 165 Å². The number of fused-ring (bicyclic) bond motifs is 4. The molecule has 4 aliphatic rings. The summed E-state index contributed by atoms with van der Waals surface area (Å²) >= 11 is 3.51. The molecule has 0 spiro atoms. The standard InChI is InChI=1S/C67H76N9O11PS2.2CH4/c1-72-36-29-46(49-17-5-7-19-52(49)72)42-64-75(54-21-9-11-23-59(54)89-64)34-15-13-25-61(77)68-31-38-74(40-33-70-63(79)28-27-48-41-51(67(81)71-66(48)80)56-44-57(84-3)58(87-56)45-86-88(82,83)85-4)39-32-69-62(78)26-14-16-35-76-55-22-10-12-24-60(55)90-65(76)43-47-30-37-73(2)53-20-8-6-18-50(47)53;;/h5-12,17-24,27-30,36-37,41-43,51,56-58H,13-16,25-26,31-35,38-40,44-45H2,1-4H3,(H3-2,68,69,70,71,77,78,79,80,81,82,83);2*1H4/p+1/b28-27+;;/t51?,56-,57?,58-;;/m1../s1. The zero-order valence-electron chi connectivity index (χ0n) is 51.0. The molecule has 0 saturated carbocycles. The third-order valence-electron chi connectivity index (χ3n) is 16.4. The maximum atomic E-state index is 13.4. The number of nitrogens with zero attached hydrogens (tertiary/aromatic N) is 5. The molecule has 2 aromatic heterocycles. The number of hydrogen-bond donors (Lipinski definition) is 4. The Morgan fingerprint density at radius 3 is 1.74 bits per heavy atom. The van der Waals surface area contributed by atoms with Crippen molar-refractivity contribution in [2.24, 2.45) is 20.0 Å². The maximum absolute atomic E-state index is 13.4. The number of ether oxygens (including phenoxy) is 2. The van der Waals surface area contributed by atoms with Gasteiger partial charge in [0.15, 0.2) is 12.4 Å². The third kappa shape index (κ3) is 18.0. The summed E-state index contributed by atoms with van der Waals surface area (Å²) in [6.07, 6.45) is 14.3. The first kappa shape index (κ1) is 70.4. The molecule has 0 aliphatic carbocycles. The average molecular weight is 1310 g/mol. The van der Waals surface area contributed by atoms with Crippen LogP contribution in [0.25, 0.3) is 34.0 Å². The summed E-state index contributed by atoms with van der Waals surface area (Å²) in [5, 5.41) is 16.0. The third-order valence-corrected chi connectivity index (χ3v) is 19.5. The fourth-order valence-corrected chi connectivity index (χ4v) is 14.3. The minimum atomic E-state index is -4.56. The molecule has 5 atom stereocenters. The number of unbranched alkanes of at least 4 members (excludes halogenated alkanes) is 2. The largest absolute Gasteiger partial charge is 0.756 e. The SMILES string of the molecule is C.C.COC1C[C@H](C2C=C(/C=C/C(=O)NCCN(CCNC(=O)CCCCN3/C(=C/c4cc[n+](C)c5ccccc45)Sc4ccccc43)CCNC(=O)CCCCN3/C(=C/c4cc[n+](C)c5ccccc45)Sc4ccccc43)C(=O)NC2=O)O[C@@H]1COP(=O)([O-])OC. The molecule has 6 aromatic rings. The Morgan fingerprint density at radius 1 is 0.717 bits per heavy atom. The molecule has 6 heterocycles. The van der Waals surface area contributed by atoms with Gasteiger partial charge in [0.25, 0.3) is 13.7 Å². The van der Waals surface area contributed by atoms with E-state index in [2.05, 4.69) is 197 Å². The van der Waals surface area contributed by atoms with E-state index >= 15 is 0 Å². The summed E-state index contributed by atoms with van der Waals surface area (Å²) in [6, 6.07) is 37.9. The van der Waals surface area contributed by atoms with Gasteiger partial charge in [0.1, 0.15) is 20.2 Å². The molecule has 4 aliphatic heterocycles. The number of para-hydroxylation sites is 4. The Balaban J connectivity index is 0.00000544. The lowest BCUT2D eigenvalue weighted by Crippen LogP contribution is -2.44. The second kappa shape index (κ2) is 33.4. The minimum Gasteiger partial charge on any atom is -0.756 e. The van der Waals surface area contributed by atoms with Crippen molar-refractivity contribution in [2.75, 3.05) is 83.0 Å². The zero-order valence-corrected chi connectivity index (χ0v) is 53.6. The van der Waals surface area contributed by atoms with Crippen LogP contribution in [-0.4, -0.2) is 126 Å². The number of rotatable bonds is 29. The van der Waals surface area contributed by atoms with E-state index in [4.69, 9.17) is 14.0 Å². The highest BCUT2D eigenvalue weighted by Crippen LogP contribution is 2.48. The van der Waals surface area contributed by atoms with Crippen molar-refractivity contribution < 1.29 is 61.1 Å². The second-order valence-electron chi connectivity index (χ2n) is 22.4. The molecule has 92 heavy (non-hydrogen) atoms. The molecular weight excluding hydrogens is 1230 g/mol. The van der Waals surface area contributed by atoms with Crippen LogP contribution in [0.3, 0.4) is 0 Å². The van der Waals surface area contributed by atoms with Crippen molar-refractivity contribution >= 4 is 106 Å². The lowest BCUT2D eigenvalue weighted by atomic mass is 9.92. The molecule has 1 saturated heterocycles. The quantitative estimate of drug-likeness (QED) is 0.0113. The Labute approximate surface area is 548 Å². The molecular formula is C69H85N9O11PS2+. The lowest BCUT2D eigenvalue weighted by Gasteiger charge is -2.25. The highest BCUT2D eigenvalue weighted by Gasteiger charge is 2.44. The van der Waals surface area contributed by atoms with Crippen LogP contribution >= 0.6 is 31.3 Å². The van der Waals surface area contributed by atoms with Crippen molar-refractivity contribution in [3.8, 4) is 0 Å². The van der Waals surface area contributed by atoms with Crippen molar-refractivity contribution in [3.63, 3.8) is 0 Å². The fourth-order valence-electron chi connectivity index (χ4n) is 11.6. The van der Waals surface area contributed by atoms with Crippen LogP contribution < -0.4 is 45.1 Å². The van der Waals surface area contributed by atoms with Crippen LogP contribution in [-0.2, 0) is 61.2 Å². The number of aromatic nitrogens is 2. The number of carbonyl (C=O) groups excluding carboxylic acids is 5. The summed E-state index contributed by atoms with van der Waals surface area (Å²) in [5.41, 5.74) is 6.97. The number of pyridine rings is 2. The average Bonchev–Trinajstić information content (AvgIpc) is 1.56. The van der Waals surface area contributed by atoms with Crippen LogP contribution in [0.2, 0.25) is 0 Å².